The zero-order chi connectivity index (χ0) is 47.1. The number of quaternary nitrogens is 1. The first-order valence-electron chi connectivity index (χ1n) is 26.0. The predicted molar refractivity (Wildman–Crippen MR) is 268 cm³/mol. The van der Waals surface area contributed by atoms with Crippen molar-refractivity contribution in [1.29, 1.82) is 0 Å². The molecule has 0 radical (unpaired) electrons. The highest BCUT2D eigenvalue weighted by molar-refractivity contribution is 7.45. The van der Waals surface area contributed by atoms with E-state index in [9.17, 15) is 19.0 Å². The van der Waals surface area contributed by atoms with Gasteiger partial charge < -0.3 is 27.9 Å². The van der Waals surface area contributed by atoms with Gasteiger partial charge in [-0.3, -0.25) is 14.2 Å². The Bertz CT molecular complexity index is 1270. The fraction of sp³-hybridized carbons (Fsp3) is 0.778. The number of unbranched alkanes of at least 4 members (excludes halogenated alkanes) is 23. The summed E-state index contributed by atoms with van der Waals surface area (Å²) in [5, 5.41) is 0. The van der Waals surface area contributed by atoms with Gasteiger partial charge in [0.05, 0.1) is 27.7 Å². The van der Waals surface area contributed by atoms with Crippen LogP contribution in [-0.2, 0) is 32.7 Å². The molecule has 0 fully saturated rings. The summed E-state index contributed by atoms with van der Waals surface area (Å²) in [4.78, 5) is 37.7. The van der Waals surface area contributed by atoms with E-state index >= 15 is 0 Å². The minimum atomic E-state index is -4.63. The van der Waals surface area contributed by atoms with E-state index in [1.54, 1.807) is 0 Å². The Labute approximate surface area is 394 Å². The van der Waals surface area contributed by atoms with E-state index in [-0.39, 0.29) is 32.0 Å². The van der Waals surface area contributed by atoms with Gasteiger partial charge in [-0.25, -0.2) is 0 Å². The van der Waals surface area contributed by atoms with Crippen LogP contribution in [0.3, 0.4) is 0 Å². The highest BCUT2D eigenvalue weighted by atomic mass is 31.2. The SMILES string of the molecule is CC/C=C\C/C=C\C/C=C\C/C=C\C/C=C\CCCCCCCCCCCC(=O)OC(COC(=O)CCCCCCCCCCCCCCCCC)COP(=O)([O-])OCC[N+](C)(C)C. The van der Waals surface area contributed by atoms with E-state index in [4.69, 9.17) is 18.5 Å². The van der Waals surface area contributed by atoms with E-state index in [0.29, 0.717) is 17.4 Å². The van der Waals surface area contributed by atoms with E-state index < -0.39 is 26.5 Å². The van der Waals surface area contributed by atoms with Crippen LogP contribution in [0.2, 0.25) is 0 Å². The monoisotopic (exact) mass is 920 g/mol. The van der Waals surface area contributed by atoms with Gasteiger partial charge in [0.1, 0.15) is 19.8 Å². The van der Waals surface area contributed by atoms with Gasteiger partial charge in [0.15, 0.2) is 6.10 Å². The number of rotatable bonds is 47. The second-order valence-corrected chi connectivity index (χ2v) is 19.9. The lowest BCUT2D eigenvalue weighted by atomic mass is 10.0. The molecule has 2 unspecified atom stereocenters. The number of allylic oxidation sites excluding steroid dienone is 10. The molecule has 0 aliphatic rings. The average Bonchev–Trinajstić information content (AvgIpc) is 3.25. The fourth-order valence-electron chi connectivity index (χ4n) is 7.04. The van der Waals surface area contributed by atoms with Gasteiger partial charge in [-0.2, -0.15) is 0 Å². The van der Waals surface area contributed by atoms with E-state index in [0.717, 1.165) is 77.0 Å². The Hall–Kier alpha value is -2.29. The van der Waals surface area contributed by atoms with E-state index in [1.807, 2.05) is 21.1 Å². The van der Waals surface area contributed by atoms with Gasteiger partial charge >= 0.3 is 11.9 Å². The third-order valence-corrected chi connectivity index (χ3v) is 12.0. The third kappa shape index (κ3) is 49.2. The van der Waals surface area contributed by atoms with Crippen LogP contribution in [0.5, 0.6) is 0 Å². The van der Waals surface area contributed by atoms with E-state index in [2.05, 4.69) is 74.6 Å². The molecule has 0 heterocycles. The molecule has 0 aliphatic carbocycles. The quantitative estimate of drug-likeness (QED) is 0.0195. The summed E-state index contributed by atoms with van der Waals surface area (Å²) in [6, 6.07) is 0. The number of carbonyl (C=O) groups excluding carboxylic acids is 2. The summed E-state index contributed by atoms with van der Waals surface area (Å²) in [7, 11) is 1.16. The summed E-state index contributed by atoms with van der Waals surface area (Å²) in [5.41, 5.74) is 0. The Balaban J connectivity index is 4.23. The zero-order valence-electron chi connectivity index (χ0n) is 42.0. The van der Waals surface area contributed by atoms with Crippen molar-refractivity contribution < 1.29 is 42.1 Å². The maximum Gasteiger partial charge on any atom is 0.306 e. The van der Waals surface area contributed by atoms with Crippen LogP contribution in [0, 0.1) is 0 Å². The highest BCUT2D eigenvalue weighted by Crippen LogP contribution is 2.38. The first-order chi connectivity index (χ1) is 31.0. The van der Waals surface area contributed by atoms with Crippen LogP contribution < -0.4 is 4.89 Å². The standard InChI is InChI=1S/C54H98NO8P/c1-6-8-10-12-14-16-18-20-22-23-24-25-26-27-28-29-30-31-33-35-37-39-41-43-45-47-54(57)63-52(51-62-64(58,59)61-49-48-55(3,4)5)50-60-53(56)46-44-42-40-38-36-34-32-21-19-17-15-13-11-9-7-2/h8,10,14,16,20,22,24-25,27-28,52H,6-7,9,11-13,15,17-19,21,23,26,29-51H2,1-5H3/b10-8-,16-14-,22-20-,25-24-,28-27-. The predicted octanol–water partition coefficient (Wildman–Crippen LogP) is 15.0. The molecule has 372 valence electrons. The van der Waals surface area contributed by atoms with Crippen LogP contribution in [0.1, 0.15) is 219 Å². The van der Waals surface area contributed by atoms with Crippen LogP contribution in [-0.4, -0.2) is 70.0 Å². The average molecular weight is 920 g/mol. The molecule has 0 aromatic carbocycles. The topological polar surface area (TPSA) is 111 Å². The summed E-state index contributed by atoms with van der Waals surface area (Å²) < 4.78 is 34.1. The van der Waals surface area contributed by atoms with Gasteiger partial charge in [0.25, 0.3) is 7.82 Å². The second kappa shape index (κ2) is 45.8. The number of ether oxygens (including phenoxy) is 2. The summed E-state index contributed by atoms with van der Waals surface area (Å²) >= 11 is 0. The summed E-state index contributed by atoms with van der Waals surface area (Å²) in [6.45, 7) is 4.13. The number of carbonyl (C=O) groups is 2. The molecule has 2 atom stereocenters. The summed E-state index contributed by atoms with van der Waals surface area (Å²) in [5.74, 6) is -0.836. The molecule has 10 heteroatoms. The molecule has 0 aromatic heterocycles. The lowest BCUT2D eigenvalue weighted by Crippen LogP contribution is -2.37. The Morgan fingerprint density at radius 3 is 1.33 bits per heavy atom. The zero-order valence-corrected chi connectivity index (χ0v) is 42.9. The maximum absolute atomic E-state index is 12.8. The Kier molecular flexibility index (Phi) is 44.2. The molecule has 0 saturated heterocycles. The molecular formula is C54H98NO8P. The van der Waals surface area contributed by atoms with Gasteiger partial charge in [0, 0.05) is 12.8 Å². The number of nitrogens with zero attached hydrogens (tertiary/aromatic N) is 1. The minimum absolute atomic E-state index is 0.0330. The number of phosphoric ester groups is 1. The van der Waals surface area contributed by atoms with Crippen LogP contribution in [0.15, 0.2) is 60.8 Å². The van der Waals surface area contributed by atoms with Crippen molar-refractivity contribution in [3.05, 3.63) is 60.8 Å². The molecule has 0 N–H and O–H groups in total. The van der Waals surface area contributed by atoms with Crippen molar-refractivity contribution in [2.75, 3.05) is 47.5 Å². The lowest BCUT2D eigenvalue weighted by molar-refractivity contribution is -0.870. The number of phosphoric acid groups is 1. The third-order valence-electron chi connectivity index (χ3n) is 11.1. The first kappa shape index (κ1) is 61.7. The number of esters is 2. The van der Waals surface area contributed by atoms with Crippen molar-refractivity contribution in [1.82, 2.24) is 0 Å². The minimum Gasteiger partial charge on any atom is -0.756 e. The van der Waals surface area contributed by atoms with E-state index in [1.165, 1.54) is 109 Å². The maximum atomic E-state index is 12.8. The number of hydrogen-bond donors (Lipinski definition) is 0. The molecule has 9 nitrogen and oxygen atoms in total. The molecule has 0 rings (SSSR count). The molecule has 0 spiro atoms. The molecule has 0 amide bonds. The number of hydrogen-bond acceptors (Lipinski definition) is 8. The number of likely N-dealkylation sites (N-methyl/N-ethyl adjacent to an activating group) is 1. The van der Waals surface area contributed by atoms with Gasteiger partial charge in [-0.05, 0) is 57.8 Å². The molecule has 0 saturated carbocycles. The van der Waals surface area contributed by atoms with Crippen LogP contribution in [0.25, 0.3) is 0 Å². The van der Waals surface area contributed by atoms with Crippen molar-refractivity contribution in [2.45, 2.75) is 225 Å². The van der Waals surface area contributed by atoms with Gasteiger partial charge in [-0.1, -0.05) is 209 Å². The highest BCUT2D eigenvalue weighted by Gasteiger charge is 2.21. The second-order valence-electron chi connectivity index (χ2n) is 18.5. The Morgan fingerprint density at radius 1 is 0.500 bits per heavy atom. The normalized spacial score (nSPS) is 13.9. The molecule has 0 aromatic rings. The van der Waals surface area contributed by atoms with Crippen LogP contribution >= 0.6 is 7.82 Å². The van der Waals surface area contributed by atoms with Gasteiger partial charge in [-0.15, -0.1) is 0 Å². The molecule has 0 bridgehead atoms. The smallest absolute Gasteiger partial charge is 0.306 e. The van der Waals surface area contributed by atoms with Crippen molar-refractivity contribution in [3.63, 3.8) is 0 Å². The fourth-order valence-corrected chi connectivity index (χ4v) is 7.76. The van der Waals surface area contributed by atoms with Crippen molar-refractivity contribution in [2.24, 2.45) is 0 Å². The molecule has 0 aliphatic heterocycles. The largest absolute Gasteiger partial charge is 0.756 e. The Morgan fingerprint density at radius 2 is 0.891 bits per heavy atom. The summed E-state index contributed by atoms with van der Waals surface area (Å²) in [6.07, 6.45) is 56.7. The first-order valence-corrected chi connectivity index (χ1v) is 27.5. The molecule has 64 heavy (non-hydrogen) atoms. The molecular weight excluding hydrogens is 822 g/mol. The van der Waals surface area contributed by atoms with Gasteiger partial charge in [0.2, 0.25) is 0 Å². The van der Waals surface area contributed by atoms with Crippen molar-refractivity contribution in [3.8, 4) is 0 Å². The van der Waals surface area contributed by atoms with Crippen molar-refractivity contribution >= 4 is 19.8 Å². The van der Waals surface area contributed by atoms with Crippen LogP contribution in [0.4, 0.5) is 0 Å². The lowest BCUT2D eigenvalue weighted by Gasteiger charge is -2.28.